The maximum Gasteiger partial charge on any atom is 0.312 e. The Morgan fingerprint density at radius 1 is 1.24 bits per heavy atom. The van der Waals surface area contributed by atoms with Crippen LogP contribution in [0.1, 0.15) is 11.1 Å². The van der Waals surface area contributed by atoms with E-state index in [1.165, 1.54) is 21.9 Å². The van der Waals surface area contributed by atoms with Gasteiger partial charge in [-0.2, -0.15) is 0 Å². The highest BCUT2D eigenvalue weighted by Gasteiger charge is 2.30. The van der Waals surface area contributed by atoms with Crippen LogP contribution in [0.3, 0.4) is 0 Å². The molecule has 110 valence electrons. The number of aliphatic hydroxyl groups excluding tert-OH is 1. The van der Waals surface area contributed by atoms with Gasteiger partial charge in [0, 0.05) is 32.2 Å². The van der Waals surface area contributed by atoms with Crippen molar-refractivity contribution in [3.63, 3.8) is 0 Å². The third-order valence-electron chi connectivity index (χ3n) is 3.16. The third kappa shape index (κ3) is 3.58. The quantitative estimate of drug-likeness (QED) is 0.614. The first-order chi connectivity index (χ1) is 10.0. The number of benzene rings is 1. The molecule has 1 N–H and O–H groups in total. The molecule has 21 heavy (non-hydrogen) atoms. The monoisotopic (exact) mass is 290 g/mol. The van der Waals surface area contributed by atoms with Gasteiger partial charge in [-0.15, -0.1) is 0 Å². The standard InChI is InChI=1S/C15H15FN2O3/c1-17-4-5-18(15(21)14(17)20)10-12-7-11(3-2-6-19)8-13(16)9-12/h7-9,19H,4-6,10H2,1H3. The van der Waals surface area contributed by atoms with Crippen molar-refractivity contribution in [1.29, 1.82) is 0 Å². The van der Waals surface area contributed by atoms with Crippen molar-refractivity contribution in [2.45, 2.75) is 6.54 Å². The van der Waals surface area contributed by atoms with Gasteiger partial charge in [-0.1, -0.05) is 11.8 Å². The Hall–Kier alpha value is -2.39. The lowest BCUT2D eigenvalue weighted by Crippen LogP contribution is -2.52. The Bertz CT molecular complexity index is 634. The number of halogens is 1. The van der Waals surface area contributed by atoms with E-state index in [2.05, 4.69) is 11.8 Å². The second-order valence-corrected chi connectivity index (χ2v) is 4.76. The van der Waals surface area contributed by atoms with Crippen LogP contribution in [0.15, 0.2) is 18.2 Å². The SMILES string of the molecule is CN1CCN(Cc2cc(F)cc(C#CCO)c2)C(=O)C1=O. The predicted molar refractivity (Wildman–Crippen MR) is 73.4 cm³/mol. The van der Waals surface area contributed by atoms with Gasteiger partial charge in [0.15, 0.2) is 0 Å². The zero-order valence-corrected chi connectivity index (χ0v) is 11.6. The van der Waals surface area contributed by atoms with Crippen molar-refractivity contribution in [2.24, 2.45) is 0 Å². The molecule has 2 amide bonds. The van der Waals surface area contributed by atoms with E-state index < -0.39 is 17.6 Å². The van der Waals surface area contributed by atoms with Crippen LogP contribution in [0.4, 0.5) is 4.39 Å². The van der Waals surface area contributed by atoms with E-state index in [4.69, 9.17) is 5.11 Å². The molecule has 1 aliphatic rings. The van der Waals surface area contributed by atoms with E-state index in [9.17, 15) is 14.0 Å². The van der Waals surface area contributed by atoms with Crippen LogP contribution in [-0.4, -0.2) is 53.5 Å². The minimum Gasteiger partial charge on any atom is -0.384 e. The van der Waals surface area contributed by atoms with Crippen LogP contribution in [0.25, 0.3) is 0 Å². The van der Waals surface area contributed by atoms with Crippen LogP contribution < -0.4 is 0 Å². The van der Waals surface area contributed by atoms with E-state index in [1.54, 1.807) is 13.1 Å². The molecule has 1 aliphatic heterocycles. The molecule has 0 spiro atoms. The summed E-state index contributed by atoms with van der Waals surface area (Å²) in [5.41, 5.74) is 0.981. The zero-order chi connectivity index (χ0) is 15.4. The Balaban J connectivity index is 2.18. The fourth-order valence-corrected chi connectivity index (χ4v) is 2.10. The summed E-state index contributed by atoms with van der Waals surface area (Å²) < 4.78 is 13.5. The molecule has 0 aliphatic carbocycles. The molecular weight excluding hydrogens is 275 g/mol. The molecule has 0 atom stereocenters. The number of hydrogen-bond acceptors (Lipinski definition) is 3. The number of rotatable bonds is 2. The molecule has 1 fully saturated rings. The van der Waals surface area contributed by atoms with E-state index in [1.807, 2.05) is 0 Å². The van der Waals surface area contributed by atoms with Gasteiger partial charge in [-0.25, -0.2) is 4.39 Å². The average molecular weight is 290 g/mol. The van der Waals surface area contributed by atoms with Gasteiger partial charge < -0.3 is 14.9 Å². The third-order valence-corrected chi connectivity index (χ3v) is 3.16. The fraction of sp³-hybridized carbons (Fsp3) is 0.333. The highest BCUT2D eigenvalue weighted by Crippen LogP contribution is 2.13. The number of amides is 2. The largest absolute Gasteiger partial charge is 0.384 e. The Labute approximate surface area is 122 Å². The van der Waals surface area contributed by atoms with Crippen molar-refractivity contribution in [3.8, 4) is 11.8 Å². The molecule has 0 unspecified atom stereocenters. The summed E-state index contributed by atoms with van der Waals surface area (Å²) in [5, 5.41) is 8.65. The van der Waals surface area contributed by atoms with Crippen molar-refractivity contribution in [3.05, 3.63) is 35.1 Å². The van der Waals surface area contributed by atoms with Crippen molar-refractivity contribution in [1.82, 2.24) is 9.80 Å². The number of carbonyl (C=O) groups excluding carboxylic acids is 2. The first kappa shape index (κ1) is 15.0. The van der Waals surface area contributed by atoms with Crippen molar-refractivity contribution >= 4 is 11.8 Å². The van der Waals surface area contributed by atoms with Gasteiger partial charge in [-0.3, -0.25) is 9.59 Å². The molecule has 1 heterocycles. The molecule has 2 rings (SSSR count). The number of likely N-dealkylation sites (N-methyl/N-ethyl adjacent to an activating group) is 1. The smallest absolute Gasteiger partial charge is 0.312 e. The Kier molecular flexibility index (Phi) is 4.55. The van der Waals surface area contributed by atoms with Gasteiger partial charge in [0.2, 0.25) is 0 Å². The van der Waals surface area contributed by atoms with E-state index in [0.29, 0.717) is 24.2 Å². The molecule has 5 nitrogen and oxygen atoms in total. The highest BCUT2D eigenvalue weighted by atomic mass is 19.1. The molecule has 0 radical (unpaired) electrons. The maximum atomic E-state index is 13.5. The number of piperazine rings is 1. The van der Waals surface area contributed by atoms with Gasteiger partial charge in [0.1, 0.15) is 12.4 Å². The molecular formula is C15H15FN2O3. The lowest BCUT2D eigenvalue weighted by Gasteiger charge is -2.31. The van der Waals surface area contributed by atoms with Gasteiger partial charge in [0.25, 0.3) is 0 Å². The minimum absolute atomic E-state index is 0.157. The number of aliphatic hydroxyl groups is 1. The molecule has 1 aromatic carbocycles. The van der Waals surface area contributed by atoms with Crippen molar-refractivity contribution < 1.29 is 19.1 Å². The van der Waals surface area contributed by atoms with Crippen LogP contribution in [0, 0.1) is 17.7 Å². The maximum absolute atomic E-state index is 13.5. The fourth-order valence-electron chi connectivity index (χ4n) is 2.10. The first-order valence-electron chi connectivity index (χ1n) is 6.45. The summed E-state index contributed by atoms with van der Waals surface area (Å²) in [6.45, 7) is 0.716. The molecule has 0 aromatic heterocycles. The summed E-state index contributed by atoms with van der Waals surface area (Å²) in [4.78, 5) is 26.2. The van der Waals surface area contributed by atoms with Crippen LogP contribution in [0.2, 0.25) is 0 Å². The summed E-state index contributed by atoms with van der Waals surface area (Å²) in [7, 11) is 1.57. The summed E-state index contributed by atoms with van der Waals surface area (Å²) >= 11 is 0. The number of nitrogens with zero attached hydrogens (tertiary/aromatic N) is 2. The van der Waals surface area contributed by atoms with E-state index in [0.717, 1.165) is 0 Å². The first-order valence-corrected chi connectivity index (χ1v) is 6.45. The predicted octanol–water partition coefficient (Wildman–Crippen LogP) is -0.0299. The second kappa shape index (κ2) is 6.37. The van der Waals surface area contributed by atoms with Gasteiger partial charge in [0.05, 0.1) is 0 Å². The van der Waals surface area contributed by atoms with Gasteiger partial charge >= 0.3 is 11.8 Å². The van der Waals surface area contributed by atoms with Crippen LogP contribution in [-0.2, 0) is 16.1 Å². The number of hydrogen-bond donors (Lipinski definition) is 1. The summed E-state index contributed by atoms with van der Waals surface area (Å²) in [6.07, 6.45) is 0. The van der Waals surface area contributed by atoms with Gasteiger partial charge in [-0.05, 0) is 23.8 Å². The molecule has 1 saturated heterocycles. The van der Waals surface area contributed by atoms with E-state index >= 15 is 0 Å². The molecule has 6 heteroatoms. The zero-order valence-electron chi connectivity index (χ0n) is 11.6. The van der Waals surface area contributed by atoms with Crippen molar-refractivity contribution in [2.75, 3.05) is 26.7 Å². The molecule has 0 saturated carbocycles. The Morgan fingerprint density at radius 3 is 2.71 bits per heavy atom. The summed E-state index contributed by atoms with van der Waals surface area (Å²) in [6, 6.07) is 4.20. The Morgan fingerprint density at radius 2 is 2.00 bits per heavy atom. The lowest BCUT2D eigenvalue weighted by molar-refractivity contribution is -0.155. The van der Waals surface area contributed by atoms with Crippen LogP contribution in [0.5, 0.6) is 0 Å². The minimum atomic E-state index is -0.587. The highest BCUT2D eigenvalue weighted by molar-refractivity contribution is 6.35. The lowest BCUT2D eigenvalue weighted by atomic mass is 10.1. The summed E-state index contributed by atoms with van der Waals surface area (Å²) in [5.74, 6) is 3.45. The molecule has 1 aromatic rings. The second-order valence-electron chi connectivity index (χ2n) is 4.76. The topological polar surface area (TPSA) is 60.9 Å². The normalized spacial score (nSPS) is 15.0. The number of carbonyl (C=O) groups is 2. The van der Waals surface area contributed by atoms with Crippen LogP contribution >= 0.6 is 0 Å². The average Bonchev–Trinajstić information content (AvgIpc) is 2.45. The molecule has 0 bridgehead atoms. The van der Waals surface area contributed by atoms with E-state index in [-0.39, 0.29) is 13.2 Å².